The Morgan fingerprint density at radius 3 is 2.67 bits per heavy atom. The van der Waals surface area contributed by atoms with Gasteiger partial charge in [-0.2, -0.15) is 0 Å². The summed E-state index contributed by atoms with van der Waals surface area (Å²) in [5, 5.41) is 3.27. The van der Waals surface area contributed by atoms with Crippen molar-refractivity contribution in [3.63, 3.8) is 0 Å². The van der Waals surface area contributed by atoms with Crippen LogP contribution in [0.1, 0.15) is 38.4 Å². The van der Waals surface area contributed by atoms with E-state index in [0.29, 0.717) is 12.1 Å². The summed E-state index contributed by atoms with van der Waals surface area (Å²) in [5.74, 6) is 0. The van der Waals surface area contributed by atoms with Crippen molar-refractivity contribution >= 4 is 0 Å². The smallest absolute Gasteiger partial charge is 0.0953 e. The van der Waals surface area contributed by atoms with E-state index in [1.807, 2.05) is 19.6 Å². The van der Waals surface area contributed by atoms with Gasteiger partial charge in [0.2, 0.25) is 0 Å². The van der Waals surface area contributed by atoms with Crippen molar-refractivity contribution < 1.29 is 0 Å². The zero-order chi connectivity index (χ0) is 13.1. The molecule has 1 atom stereocenters. The average Bonchev–Trinajstić information content (AvgIpc) is 2.87. The molecule has 1 heterocycles. The lowest BCUT2D eigenvalue weighted by atomic mass is 10.0. The van der Waals surface area contributed by atoms with E-state index in [9.17, 15) is 0 Å². The van der Waals surface area contributed by atoms with Crippen molar-refractivity contribution in [3.8, 4) is 11.3 Å². The Morgan fingerprint density at radius 2 is 2.00 bits per heavy atom. The van der Waals surface area contributed by atoms with Gasteiger partial charge >= 0.3 is 0 Å². The summed E-state index contributed by atoms with van der Waals surface area (Å²) in [6.07, 6.45) is 3.83. The van der Waals surface area contributed by atoms with E-state index in [1.165, 1.54) is 16.8 Å². The van der Waals surface area contributed by atoms with Crippen molar-refractivity contribution in [2.75, 3.05) is 7.05 Å². The molecule has 0 fully saturated rings. The van der Waals surface area contributed by atoms with Crippen molar-refractivity contribution in [1.29, 1.82) is 0 Å². The Balaban J connectivity index is 2.42. The molecule has 1 N–H and O–H groups in total. The number of rotatable bonds is 4. The van der Waals surface area contributed by atoms with E-state index in [0.717, 1.165) is 0 Å². The van der Waals surface area contributed by atoms with Crippen LogP contribution in [0, 0.1) is 0 Å². The molecule has 2 aromatic rings. The predicted octanol–water partition coefficient (Wildman–Crippen LogP) is 3.41. The first-order valence-corrected chi connectivity index (χ1v) is 6.43. The van der Waals surface area contributed by atoms with Crippen LogP contribution >= 0.6 is 0 Å². The molecule has 0 radical (unpaired) electrons. The Hall–Kier alpha value is -1.61. The molecule has 0 amide bonds. The molecule has 0 aliphatic rings. The van der Waals surface area contributed by atoms with Crippen LogP contribution in [0.25, 0.3) is 11.3 Å². The van der Waals surface area contributed by atoms with Gasteiger partial charge in [-0.25, -0.2) is 4.98 Å². The highest BCUT2D eigenvalue weighted by atomic mass is 15.1. The summed E-state index contributed by atoms with van der Waals surface area (Å²) < 4.78 is 2.20. The number of imidazole rings is 1. The molecular formula is C15H21N3. The number of nitrogens with zero attached hydrogens (tertiary/aromatic N) is 2. The van der Waals surface area contributed by atoms with Crippen LogP contribution in [0.3, 0.4) is 0 Å². The highest BCUT2D eigenvalue weighted by Gasteiger charge is 2.09. The summed E-state index contributed by atoms with van der Waals surface area (Å²) in [6.45, 7) is 6.51. The van der Waals surface area contributed by atoms with Gasteiger partial charge in [-0.15, -0.1) is 0 Å². The third-order valence-corrected chi connectivity index (χ3v) is 3.34. The molecule has 0 bridgehead atoms. The second kappa shape index (κ2) is 5.36. The van der Waals surface area contributed by atoms with Crippen LogP contribution in [0.2, 0.25) is 0 Å². The van der Waals surface area contributed by atoms with Gasteiger partial charge < -0.3 is 9.88 Å². The first-order valence-electron chi connectivity index (χ1n) is 6.43. The maximum atomic E-state index is 4.26. The summed E-state index contributed by atoms with van der Waals surface area (Å²) in [4.78, 5) is 4.26. The van der Waals surface area contributed by atoms with Crippen LogP contribution in [-0.4, -0.2) is 16.6 Å². The fourth-order valence-electron chi connectivity index (χ4n) is 2.07. The van der Waals surface area contributed by atoms with E-state index >= 15 is 0 Å². The lowest BCUT2D eigenvalue weighted by Crippen LogP contribution is -2.12. The minimum Gasteiger partial charge on any atom is -0.328 e. The third-order valence-electron chi connectivity index (χ3n) is 3.34. The van der Waals surface area contributed by atoms with Gasteiger partial charge in [0.15, 0.2) is 0 Å². The SMILES string of the molecule is CNC(C)c1cccc(-c2cncn2C(C)C)c1. The van der Waals surface area contributed by atoms with E-state index in [2.05, 4.69) is 59.9 Å². The van der Waals surface area contributed by atoms with E-state index in [4.69, 9.17) is 0 Å². The fourth-order valence-corrected chi connectivity index (χ4v) is 2.07. The number of aromatic nitrogens is 2. The minimum atomic E-state index is 0.361. The summed E-state index contributed by atoms with van der Waals surface area (Å²) >= 11 is 0. The Labute approximate surface area is 109 Å². The highest BCUT2D eigenvalue weighted by Crippen LogP contribution is 2.25. The zero-order valence-electron chi connectivity index (χ0n) is 11.5. The van der Waals surface area contributed by atoms with Crippen LogP contribution < -0.4 is 5.32 Å². The monoisotopic (exact) mass is 243 g/mol. The standard InChI is InChI=1S/C15H21N3/c1-11(2)18-10-17-9-15(18)14-7-5-6-13(8-14)12(3)16-4/h5-12,16H,1-4H3. The van der Waals surface area contributed by atoms with Crippen molar-refractivity contribution in [3.05, 3.63) is 42.4 Å². The molecule has 18 heavy (non-hydrogen) atoms. The number of hydrogen-bond donors (Lipinski definition) is 1. The van der Waals surface area contributed by atoms with Crippen molar-refractivity contribution in [1.82, 2.24) is 14.9 Å². The second-order valence-electron chi connectivity index (χ2n) is 4.92. The summed E-state index contributed by atoms with van der Waals surface area (Å²) in [7, 11) is 1.98. The maximum absolute atomic E-state index is 4.26. The van der Waals surface area contributed by atoms with E-state index in [1.54, 1.807) is 0 Å². The molecule has 3 nitrogen and oxygen atoms in total. The van der Waals surface area contributed by atoms with Gasteiger partial charge in [-0.3, -0.25) is 0 Å². The van der Waals surface area contributed by atoms with Crippen LogP contribution in [0.5, 0.6) is 0 Å². The van der Waals surface area contributed by atoms with Gasteiger partial charge in [0.1, 0.15) is 0 Å². The van der Waals surface area contributed by atoms with Gasteiger partial charge in [0, 0.05) is 17.6 Å². The van der Waals surface area contributed by atoms with Crippen LogP contribution in [-0.2, 0) is 0 Å². The maximum Gasteiger partial charge on any atom is 0.0953 e. The lowest BCUT2D eigenvalue weighted by Gasteiger charge is -2.15. The van der Waals surface area contributed by atoms with E-state index in [-0.39, 0.29) is 0 Å². The molecule has 1 aromatic carbocycles. The molecule has 0 saturated heterocycles. The minimum absolute atomic E-state index is 0.361. The molecule has 0 aliphatic carbocycles. The molecule has 3 heteroatoms. The number of benzene rings is 1. The zero-order valence-corrected chi connectivity index (χ0v) is 11.5. The molecule has 2 rings (SSSR count). The number of nitrogens with one attached hydrogen (secondary N) is 1. The Bertz CT molecular complexity index is 514. The molecule has 1 aromatic heterocycles. The lowest BCUT2D eigenvalue weighted by molar-refractivity contribution is 0.605. The first kappa shape index (κ1) is 12.8. The van der Waals surface area contributed by atoms with Gasteiger partial charge in [-0.1, -0.05) is 18.2 Å². The number of hydrogen-bond acceptors (Lipinski definition) is 2. The van der Waals surface area contributed by atoms with Gasteiger partial charge in [0.05, 0.1) is 18.2 Å². The molecule has 0 saturated carbocycles. The Morgan fingerprint density at radius 1 is 1.22 bits per heavy atom. The molecular weight excluding hydrogens is 222 g/mol. The second-order valence-corrected chi connectivity index (χ2v) is 4.92. The first-order chi connectivity index (χ1) is 8.63. The van der Waals surface area contributed by atoms with Gasteiger partial charge in [0.25, 0.3) is 0 Å². The predicted molar refractivity (Wildman–Crippen MR) is 75.5 cm³/mol. The Kier molecular flexibility index (Phi) is 3.82. The largest absolute Gasteiger partial charge is 0.328 e. The molecule has 1 unspecified atom stereocenters. The molecule has 96 valence electrons. The third kappa shape index (κ3) is 2.46. The highest BCUT2D eigenvalue weighted by molar-refractivity contribution is 5.60. The van der Waals surface area contributed by atoms with Crippen molar-refractivity contribution in [2.45, 2.75) is 32.9 Å². The quantitative estimate of drug-likeness (QED) is 0.891. The van der Waals surface area contributed by atoms with Crippen molar-refractivity contribution in [2.24, 2.45) is 0 Å². The molecule has 0 spiro atoms. The summed E-state index contributed by atoms with van der Waals surface area (Å²) in [6, 6.07) is 9.42. The van der Waals surface area contributed by atoms with E-state index < -0.39 is 0 Å². The molecule has 0 aliphatic heterocycles. The normalized spacial score (nSPS) is 12.9. The van der Waals surface area contributed by atoms with Crippen LogP contribution in [0.4, 0.5) is 0 Å². The summed E-state index contributed by atoms with van der Waals surface area (Å²) in [5.41, 5.74) is 3.70. The fraction of sp³-hybridized carbons (Fsp3) is 0.400. The van der Waals surface area contributed by atoms with Gasteiger partial charge in [-0.05, 0) is 39.4 Å². The van der Waals surface area contributed by atoms with Crippen LogP contribution in [0.15, 0.2) is 36.8 Å². The average molecular weight is 243 g/mol. The topological polar surface area (TPSA) is 29.9 Å².